The maximum Gasteiger partial charge on any atom is 0.223 e. The first-order valence-corrected chi connectivity index (χ1v) is 11.6. The molecule has 0 aromatic carbocycles. The Balaban J connectivity index is 1.43. The van der Waals surface area contributed by atoms with Crippen LogP contribution in [0.15, 0.2) is 0 Å². The Morgan fingerprint density at radius 3 is 2.00 bits per heavy atom. The fraction of sp³-hybridized carbons (Fsp3) is 0.947. The Morgan fingerprint density at radius 1 is 0.960 bits per heavy atom. The SMILES string of the molecule is C[C@@]12CC3CC(CC(=O)N4CCN(S(C)(=O)=O)CC4)(C1)C[C@@](C)(C3)C2. The van der Waals surface area contributed by atoms with Crippen LogP contribution in [0.3, 0.4) is 0 Å². The van der Waals surface area contributed by atoms with E-state index < -0.39 is 10.0 Å². The average molecular weight is 369 g/mol. The van der Waals surface area contributed by atoms with Gasteiger partial charge in [0, 0.05) is 32.6 Å². The summed E-state index contributed by atoms with van der Waals surface area (Å²) in [5.74, 6) is 1.06. The smallest absolute Gasteiger partial charge is 0.223 e. The molecule has 0 aromatic rings. The van der Waals surface area contributed by atoms with Gasteiger partial charge in [-0.1, -0.05) is 13.8 Å². The van der Waals surface area contributed by atoms with Crippen LogP contribution in [-0.2, 0) is 14.8 Å². The molecule has 0 aromatic heterocycles. The van der Waals surface area contributed by atoms with E-state index in [1.54, 1.807) is 0 Å². The van der Waals surface area contributed by atoms with Crippen LogP contribution in [-0.4, -0.2) is 56.0 Å². The molecule has 1 saturated heterocycles. The van der Waals surface area contributed by atoms with Crippen LogP contribution < -0.4 is 0 Å². The Kier molecular flexibility index (Phi) is 3.87. The van der Waals surface area contributed by atoms with Crippen LogP contribution in [0.2, 0.25) is 0 Å². The molecule has 1 amide bonds. The van der Waals surface area contributed by atoms with E-state index in [0.29, 0.717) is 43.4 Å². The molecule has 0 N–H and O–H groups in total. The zero-order valence-corrected chi connectivity index (χ0v) is 16.7. The van der Waals surface area contributed by atoms with Crippen LogP contribution in [0.1, 0.15) is 58.8 Å². The van der Waals surface area contributed by atoms with Gasteiger partial charge in [0.2, 0.25) is 15.9 Å². The number of nitrogens with zero attached hydrogens (tertiary/aromatic N) is 2. The van der Waals surface area contributed by atoms with Crippen molar-refractivity contribution in [1.29, 1.82) is 0 Å². The van der Waals surface area contributed by atoms with Crippen molar-refractivity contribution in [2.45, 2.75) is 58.8 Å². The third-order valence-corrected chi connectivity index (χ3v) is 8.63. The highest BCUT2D eigenvalue weighted by atomic mass is 32.2. The van der Waals surface area contributed by atoms with E-state index in [0.717, 1.165) is 5.92 Å². The Labute approximate surface area is 152 Å². The number of carbonyl (C=O) groups is 1. The van der Waals surface area contributed by atoms with Crippen molar-refractivity contribution in [2.24, 2.45) is 22.2 Å². The van der Waals surface area contributed by atoms with Gasteiger partial charge in [-0.05, 0) is 60.7 Å². The predicted octanol–water partition coefficient (Wildman–Crippen LogP) is 2.48. The lowest BCUT2D eigenvalue weighted by Crippen LogP contribution is -2.57. The highest BCUT2D eigenvalue weighted by Crippen LogP contribution is 2.70. The van der Waals surface area contributed by atoms with Crippen molar-refractivity contribution >= 4 is 15.9 Å². The molecule has 142 valence electrons. The van der Waals surface area contributed by atoms with Crippen molar-refractivity contribution in [3.05, 3.63) is 0 Å². The molecule has 6 heteroatoms. The summed E-state index contributed by atoms with van der Waals surface area (Å²) in [6, 6.07) is 0. The van der Waals surface area contributed by atoms with Gasteiger partial charge in [-0.3, -0.25) is 4.79 Å². The lowest BCUT2D eigenvalue weighted by Gasteiger charge is -2.65. The molecule has 4 saturated carbocycles. The Bertz CT molecular complexity index is 663. The molecule has 5 fully saturated rings. The van der Waals surface area contributed by atoms with Gasteiger partial charge in [0.05, 0.1) is 6.26 Å². The van der Waals surface area contributed by atoms with E-state index in [9.17, 15) is 13.2 Å². The molecule has 4 aliphatic carbocycles. The Hall–Kier alpha value is -0.620. The number of sulfonamides is 1. The summed E-state index contributed by atoms with van der Waals surface area (Å²) in [7, 11) is -3.14. The molecule has 0 radical (unpaired) electrons. The fourth-order valence-corrected chi connectivity index (χ4v) is 8.41. The third kappa shape index (κ3) is 3.25. The van der Waals surface area contributed by atoms with E-state index >= 15 is 0 Å². The molecule has 5 nitrogen and oxygen atoms in total. The minimum absolute atomic E-state index is 0.202. The van der Waals surface area contributed by atoms with Crippen LogP contribution in [0.4, 0.5) is 0 Å². The zero-order valence-electron chi connectivity index (χ0n) is 15.9. The van der Waals surface area contributed by atoms with E-state index in [-0.39, 0.29) is 11.3 Å². The van der Waals surface area contributed by atoms with E-state index in [2.05, 4.69) is 13.8 Å². The van der Waals surface area contributed by atoms with Crippen molar-refractivity contribution in [2.75, 3.05) is 32.4 Å². The highest BCUT2D eigenvalue weighted by molar-refractivity contribution is 7.88. The molecule has 4 bridgehead atoms. The number of piperazine rings is 1. The number of rotatable bonds is 3. The molecule has 0 unspecified atom stereocenters. The van der Waals surface area contributed by atoms with Crippen molar-refractivity contribution in [1.82, 2.24) is 9.21 Å². The highest BCUT2D eigenvalue weighted by Gasteiger charge is 2.60. The van der Waals surface area contributed by atoms with Crippen LogP contribution in [0.25, 0.3) is 0 Å². The van der Waals surface area contributed by atoms with Gasteiger partial charge in [-0.2, -0.15) is 4.31 Å². The second-order valence-electron chi connectivity index (χ2n) is 10.3. The first kappa shape index (κ1) is 17.8. The minimum Gasteiger partial charge on any atom is -0.340 e. The summed E-state index contributed by atoms with van der Waals surface area (Å²) >= 11 is 0. The molecule has 0 spiro atoms. The number of amides is 1. The van der Waals surface area contributed by atoms with E-state index in [4.69, 9.17) is 0 Å². The monoisotopic (exact) mass is 368 g/mol. The summed E-state index contributed by atoms with van der Waals surface area (Å²) < 4.78 is 24.8. The van der Waals surface area contributed by atoms with Crippen molar-refractivity contribution < 1.29 is 13.2 Å². The van der Waals surface area contributed by atoms with Gasteiger partial charge in [-0.15, -0.1) is 0 Å². The number of hydrogen-bond acceptors (Lipinski definition) is 3. The summed E-state index contributed by atoms with van der Waals surface area (Å²) in [6.07, 6.45) is 9.61. The van der Waals surface area contributed by atoms with Gasteiger partial charge in [0.25, 0.3) is 0 Å². The first-order valence-electron chi connectivity index (χ1n) is 9.73. The average Bonchev–Trinajstić information content (AvgIpc) is 2.42. The fourth-order valence-electron chi connectivity index (χ4n) is 7.58. The van der Waals surface area contributed by atoms with Gasteiger partial charge in [-0.25, -0.2) is 8.42 Å². The molecular formula is C19H32N2O3S. The minimum atomic E-state index is -3.14. The maximum absolute atomic E-state index is 13.0. The first-order chi connectivity index (χ1) is 11.5. The molecule has 5 aliphatic rings. The number of carbonyl (C=O) groups excluding carboxylic acids is 1. The summed E-state index contributed by atoms with van der Waals surface area (Å²) in [6.45, 7) is 6.85. The standard InChI is InChI=1S/C19H32N2O3S/c1-17-8-15-9-18(2,12-17)14-19(10-15,13-17)11-16(22)20-4-6-21(7-5-20)25(3,23)24/h15H,4-14H2,1-3H3/t15?,17-,18-,19?/m0/s1. The molecule has 1 aliphatic heterocycles. The van der Waals surface area contributed by atoms with Crippen LogP contribution in [0, 0.1) is 22.2 Å². The molecule has 2 atom stereocenters. The van der Waals surface area contributed by atoms with Crippen LogP contribution >= 0.6 is 0 Å². The maximum atomic E-state index is 13.0. The second-order valence-corrected chi connectivity index (χ2v) is 12.3. The lowest BCUT2D eigenvalue weighted by atomic mass is 9.40. The number of hydrogen-bond donors (Lipinski definition) is 0. The zero-order chi connectivity index (χ0) is 18.1. The normalized spacial score (nSPS) is 44.3. The third-order valence-electron chi connectivity index (χ3n) is 7.33. The van der Waals surface area contributed by atoms with Gasteiger partial charge in [0.1, 0.15) is 0 Å². The van der Waals surface area contributed by atoms with Gasteiger partial charge >= 0.3 is 0 Å². The quantitative estimate of drug-likeness (QED) is 0.769. The molecule has 25 heavy (non-hydrogen) atoms. The van der Waals surface area contributed by atoms with E-state index in [1.165, 1.54) is 49.1 Å². The van der Waals surface area contributed by atoms with Crippen molar-refractivity contribution in [3.8, 4) is 0 Å². The summed E-state index contributed by atoms with van der Waals surface area (Å²) in [5.41, 5.74) is 1.07. The topological polar surface area (TPSA) is 57.7 Å². The molecule has 5 rings (SSSR count). The largest absolute Gasteiger partial charge is 0.340 e. The second kappa shape index (κ2) is 5.44. The van der Waals surface area contributed by atoms with Gasteiger partial charge < -0.3 is 4.90 Å². The van der Waals surface area contributed by atoms with E-state index in [1.807, 2.05) is 4.90 Å². The molecular weight excluding hydrogens is 336 g/mol. The van der Waals surface area contributed by atoms with Crippen LogP contribution in [0.5, 0.6) is 0 Å². The summed E-state index contributed by atoms with van der Waals surface area (Å²) in [4.78, 5) is 14.9. The van der Waals surface area contributed by atoms with Crippen molar-refractivity contribution in [3.63, 3.8) is 0 Å². The Morgan fingerprint density at radius 2 is 1.52 bits per heavy atom. The lowest BCUT2D eigenvalue weighted by molar-refractivity contribution is -0.161. The summed E-state index contributed by atoms with van der Waals surface area (Å²) in [5, 5.41) is 0. The molecule has 1 heterocycles. The predicted molar refractivity (Wildman–Crippen MR) is 97.5 cm³/mol. The van der Waals surface area contributed by atoms with Gasteiger partial charge in [0.15, 0.2) is 0 Å².